The summed E-state index contributed by atoms with van der Waals surface area (Å²) in [6.45, 7) is 4.34. The van der Waals surface area contributed by atoms with Gasteiger partial charge < -0.3 is 9.72 Å². The minimum atomic E-state index is -0.341. The second-order valence-corrected chi connectivity index (χ2v) is 3.68. The number of hydrogen-bond donors (Lipinski definition) is 1. The van der Waals surface area contributed by atoms with Gasteiger partial charge in [-0.05, 0) is 32.0 Å². The molecule has 0 radical (unpaired) electrons. The van der Waals surface area contributed by atoms with Crippen LogP contribution in [-0.2, 0) is 0 Å². The summed E-state index contributed by atoms with van der Waals surface area (Å²) in [6.07, 6.45) is 0. The van der Waals surface area contributed by atoms with Gasteiger partial charge in [0.05, 0.1) is 12.3 Å². The zero-order chi connectivity index (χ0) is 12.3. The van der Waals surface area contributed by atoms with Crippen LogP contribution < -0.4 is 10.4 Å². The molecule has 0 spiro atoms. The number of para-hydroxylation sites is 1. The van der Waals surface area contributed by atoms with Crippen molar-refractivity contribution >= 4 is 0 Å². The van der Waals surface area contributed by atoms with Gasteiger partial charge in [-0.25, -0.2) is 4.79 Å². The van der Waals surface area contributed by atoms with Crippen LogP contribution in [0.5, 0.6) is 5.75 Å². The van der Waals surface area contributed by atoms with Gasteiger partial charge in [-0.3, -0.25) is 0 Å². The molecule has 0 aliphatic heterocycles. The molecule has 2 aromatic rings. The Morgan fingerprint density at radius 1 is 1.35 bits per heavy atom. The molecular weight excluding hydrogens is 216 g/mol. The average molecular weight is 230 g/mol. The molecule has 88 valence electrons. The second kappa shape index (κ2) is 4.82. The summed E-state index contributed by atoms with van der Waals surface area (Å²) < 4.78 is 5.52. The second-order valence-electron chi connectivity index (χ2n) is 3.68. The Kier molecular flexibility index (Phi) is 3.23. The summed E-state index contributed by atoms with van der Waals surface area (Å²) in [6, 6.07) is 9.40. The molecule has 0 bridgehead atoms. The van der Waals surface area contributed by atoms with Crippen molar-refractivity contribution in [1.82, 2.24) is 9.97 Å². The monoisotopic (exact) mass is 230 g/mol. The van der Waals surface area contributed by atoms with E-state index in [4.69, 9.17) is 4.74 Å². The van der Waals surface area contributed by atoms with Gasteiger partial charge in [0.25, 0.3) is 0 Å². The number of ether oxygens (including phenoxy) is 1. The Hall–Kier alpha value is -2.10. The van der Waals surface area contributed by atoms with Gasteiger partial charge in [0.15, 0.2) is 0 Å². The first-order chi connectivity index (χ1) is 8.20. The number of aromatic amines is 1. The molecule has 0 aliphatic rings. The molecule has 0 saturated heterocycles. The predicted octanol–water partition coefficient (Wildman–Crippen LogP) is 2.14. The molecule has 17 heavy (non-hydrogen) atoms. The van der Waals surface area contributed by atoms with Crippen LogP contribution in [0.3, 0.4) is 0 Å². The third-order valence-corrected chi connectivity index (χ3v) is 2.34. The first-order valence-corrected chi connectivity index (χ1v) is 5.51. The lowest BCUT2D eigenvalue weighted by Gasteiger charge is -2.09. The van der Waals surface area contributed by atoms with Crippen LogP contribution in [0.4, 0.5) is 0 Å². The van der Waals surface area contributed by atoms with Crippen molar-refractivity contribution < 1.29 is 4.74 Å². The van der Waals surface area contributed by atoms with Gasteiger partial charge in [0.2, 0.25) is 0 Å². The number of nitrogens with one attached hydrogen (secondary N) is 1. The highest BCUT2D eigenvalue weighted by Gasteiger charge is 2.07. The molecule has 1 heterocycles. The Bertz CT molecular complexity index is 576. The lowest BCUT2D eigenvalue weighted by Crippen LogP contribution is -2.12. The lowest BCUT2D eigenvalue weighted by atomic mass is 10.1. The van der Waals surface area contributed by atoms with Crippen LogP contribution in [0.15, 0.2) is 35.1 Å². The molecule has 0 atom stereocenters. The first-order valence-electron chi connectivity index (χ1n) is 5.51. The summed E-state index contributed by atoms with van der Waals surface area (Å²) in [5.74, 6) is 0.743. The van der Waals surface area contributed by atoms with Gasteiger partial charge in [-0.15, -0.1) is 0 Å². The molecule has 0 saturated carbocycles. The van der Waals surface area contributed by atoms with Crippen LogP contribution in [0.1, 0.15) is 12.6 Å². The molecule has 0 unspecified atom stereocenters. The summed E-state index contributed by atoms with van der Waals surface area (Å²) in [7, 11) is 0. The maximum Gasteiger partial charge on any atom is 0.345 e. The lowest BCUT2D eigenvalue weighted by molar-refractivity contribution is 0.341. The third kappa shape index (κ3) is 2.53. The van der Waals surface area contributed by atoms with E-state index in [1.165, 1.54) is 0 Å². The molecule has 4 heteroatoms. The van der Waals surface area contributed by atoms with Crippen molar-refractivity contribution in [1.29, 1.82) is 0 Å². The zero-order valence-corrected chi connectivity index (χ0v) is 9.86. The maximum atomic E-state index is 11.3. The Morgan fingerprint density at radius 3 is 2.82 bits per heavy atom. The fourth-order valence-electron chi connectivity index (χ4n) is 1.68. The smallest absolute Gasteiger partial charge is 0.345 e. The number of nitrogens with zero attached hydrogens (tertiary/aromatic N) is 1. The van der Waals surface area contributed by atoms with E-state index in [2.05, 4.69) is 9.97 Å². The fraction of sp³-hybridized carbons (Fsp3) is 0.231. The van der Waals surface area contributed by atoms with E-state index < -0.39 is 0 Å². The number of hydrogen-bond acceptors (Lipinski definition) is 3. The first kappa shape index (κ1) is 11.4. The molecule has 4 nitrogen and oxygen atoms in total. The molecular formula is C13H14N2O2. The average Bonchev–Trinajstić information content (AvgIpc) is 2.29. The van der Waals surface area contributed by atoms with Crippen LogP contribution >= 0.6 is 0 Å². The third-order valence-electron chi connectivity index (χ3n) is 2.34. The van der Waals surface area contributed by atoms with Gasteiger partial charge in [0.1, 0.15) is 5.75 Å². The van der Waals surface area contributed by atoms with Crippen LogP contribution in [0.2, 0.25) is 0 Å². The van der Waals surface area contributed by atoms with Crippen molar-refractivity contribution in [3.8, 4) is 17.0 Å². The number of aryl methyl sites for hydroxylation is 1. The van der Waals surface area contributed by atoms with Crippen molar-refractivity contribution in [2.75, 3.05) is 6.61 Å². The molecule has 2 rings (SSSR count). The quantitative estimate of drug-likeness (QED) is 0.878. The van der Waals surface area contributed by atoms with Gasteiger partial charge in [-0.1, -0.05) is 12.1 Å². The van der Waals surface area contributed by atoms with Crippen LogP contribution in [0, 0.1) is 6.92 Å². The van der Waals surface area contributed by atoms with E-state index in [1.54, 1.807) is 0 Å². The molecule has 0 fully saturated rings. The SMILES string of the molecule is CCOc1ccccc1-c1cc(C)[nH]c(=O)n1. The highest BCUT2D eigenvalue weighted by atomic mass is 16.5. The van der Waals surface area contributed by atoms with E-state index in [9.17, 15) is 4.79 Å². The van der Waals surface area contributed by atoms with Crippen molar-refractivity contribution in [2.45, 2.75) is 13.8 Å². The zero-order valence-electron chi connectivity index (χ0n) is 9.86. The van der Waals surface area contributed by atoms with Gasteiger partial charge in [0, 0.05) is 11.3 Å². The van der Waals surface area contributed by atoms with Crippen LogP contribution in [0.25, 0.3) is 11.3 Å². The van der Waals surface area contributed by atoms with E-state index in [0.717, 1.165) is 17.0 Å². The van der Waals surface area contributed by atoms with Crippen LogP contribution in [-0.4, -0.2) is 16.6 Å². The molecule has 0 aliphatic carbocycles. The Labute approximate surface area is 99.3 Å². The fourth-order valence-corrected chi connectivity index (χ4v) is 1.68. The van der Waals surface area contributed by atoms with E-state index >= 15 is 0 Å². The van der Waals surface area contributed by atoms with E-state index in [0.29, 0.717) is 12.3 Å². The standard InChI is InChI=1S/C13H14N2O2/c1-3-17-12-7-5-4-6-10(12)11-8-9(2)14-13(16)15-11/h4-8H,3H2,1-2H3,(H,14,15,16). The minimum absolute atomic E-state index is 0.341. The molecule has 1 aromatic heterocycles. The number of benzene rings is 1. The Balaban J connectivity index is 2.55. The molecule has 1 aromatic carbocycles. The summed E-state index contributed by atoms with van der Waals surface area (Å²) in [5, 5.41) is 0. The topological polar surface area (TPSA) is 55.0 Å². The molecule has 0 amide bonds. The van der Waals surface area contributed by atoms with Gasteiger partial charge >= 0.3 is 5.69 Å². The van der Waals surface area contributed by atoms with Crippen molar-refractivity contribution in [2.24, 2.45) is 0 Å². The molecule has 1 N–H and O–H groups in total. The number of aromatic nitrogens is 2. The number of H-pyrrole nitrogens is 1. The highest BCUT2D eigenvalue weighted by molar-refractivity contribution is 5.66. The van der Waals surface area contributed by atoms with E-state index in [1.807, 2.05) is 44.2 Å². The summed E-state index contributed by atoms with van der Waals surface area (Å²) in [5.41, 5.74) is 1.91. The van der Waals surface area contributed by atoms with Gasteiger partial charge in [-0.2, -0.15) is 4.98 Å². The van der Waals surface area contributed by atoms with Crippen molar-refractivity contribution in [3.63, 3.8) is 0 Å². The number of rotatable bonds is 3. The summed E-state index contributed by atoms with van der Waals surface area (Å²) >= 11 is 0. The minimum Gasteiger partial charge on any atom is -0.493 e. The normalized spacial score (nSPS) is 10.2. The largest absolute Gasteiger partial charge is 0.493 e. The maximum absolute atomic E-state index is 11.3. The van der Waals surface area contributed by atoms with Crippen molar-refractivity contribution in [3.05, 3.63) is 46.5 Å². The summed E-state index contributed by atoms with van der Waals surface area (Å²) in [4.78, 5) is 17.9. The highest BCUT2D eigenvalue weighted by Crippen LogP contribution is 2.27. The predicted molar refractivity (Wildman–Crippen MR) is 66.2 cm³/mol. The Morgan fingerprint density at radius 2 is 2.12 bits per heavy atom. The van der Waals surface area contributed by atoms with E-state index in [-0.39, 0.29) is 5.69 Å².